The van der Waals surface area contributed by atoms with Crippen molar-refractivity contribution in [1.29, 1.82) is 0 Å². The summed E-state index contributed by atoms with van der Waals surface area (Å²) >= 11 is 0. The molecule has 2 heteroatoms. The lowest BCUT2D eigenvalue weighted by Gasteiger charge is -2.20. The maximum absolute atomic E-state index is 3.47. The number of anilines is 1. The van der Waals surface area contributed by atoms with Crippen LogP contribution in [0.4, 0.5) is 5.69 Å². The first kappa shape index (κ1) is 12.4. The second-order valence-corrected chi connectivity index (χ2v) is 5.49. The van der Waals surface area contributed by atoms with Gasteiger partial charge in [0.15, 0.2) is 0 Å². The Hall–Kier alpha value is -1.02. The molecule has 0 spiro atoms. The molecular weight excluding hydrogens is 208 g/mol. The van der Waals surface area contributed by atoms with Gasteiger partial charge >= 0.3 is 0 Å². The van der Waals surface area contributed by atoms with Crippen LogP contribution in [0, 0.1) is 6.92 Å². The number of nitrogens with zero attached hydrogens (tertiary/aromatic N) is 1. The highest BCUT2D eigenvalue weighted by Crippen LogP contribution is 2.30. The molecule has 0 atom stereocenters. The lowest BCUT2D eigenvalue weighted by Crippen LogP contribution is -2.23. The van der Waals surface area contributed by atoms with Crippen molar-refractivity contribution < 1.29 is 0 Å². The minimum atomic E-state index is 0.545. The summed E-state index contributed by atoms with van der Waals surface area (Å²) in [4.78, 5) is 2.41. The van der Waals surface area contributed by atoms with Crippen molar-refractivity contribution in [2.75, 3.05) is 11.9 Å². The van der Waals surface area contributed by atoms with E-state index in [1.54, 1.807) is 0 Å². The van der Waals surface area contributed by atoms with Crippen LogP contribution < -0.4 is 10.2 Å². The van der Waals surface area contributed by atoms with Gasteiger partial charge in [-0.05, 0) is 43.0 Å². The van der Waals surface area contributed by atoms with Crippen molar-refractivity contribution in [2.24, 2.45) is 0 Å². The van der Waals surface area contributed by atoms with Crippen LogP contribution in [0.25, 0.3) is 0 Å². The van der Waals surface area contributed by atoms with Crippen LogP contribution in [0.15, 0.2) is 18.2 Å². The van der Waals surface area contributed by atoms with Crippen molar-refractivity contribution in [2.45, 2.75) is 52.2 Å². The lowest BCUT2D eigenvalue weighted by atomic mass is 10.1. The van der Waals surface area contributed by atoms with E-state index in [4.69, 9.17) is 0 Å². The Morgan fingerprint density at radius 2 is 2.06 bits per heavy atom. The Kier molecular flexibility index (Phi) is 3.72. The molecule has 0 aliphatic heterocycles. The van der Waals surface area contributed by atoms with Crippen molar-refractivity contribution in [3.05, 3.63) is 29.3 Å². The first-order valence-corrected chi connectivity index (χ1v) is 6.63. The third-order valence-corrected chi connectivity index (χ3v) is 3.53. The summed E-state index contributed by atoms with van der Waals surface area (Å²) in [6.45, 7) is 7.55. The maximum Gasteiger partial charge on any atom is 0.0368 e. The van der Waals surface area contributed by atoms with E-state index in [0.29, 0.717) is 6.04 Å². The molecule has 17 heavy (non-hydrogen) atoms. The maximum atomic E-state index is 3.47. The van der Waals surface area contributed by atoms with Crippen LogP contribution in [0.1, 0.15) is 37.8 Å². The third kappa shape index (κ3) is 3.22. The van der Waals surface area contributed by atoms with E-state index in [1.807, 2.05) is 0 Å². The fourth-order valence-electron chi connectivity index (χ4n) is 2.08. The summed E-state index contributed by atoms with van der Waals surface area (Å²) < 4.78 is 0. The second kappa shape index (κ2) is 5.09. The summed E-state index contributed by atoms with van der Waals surface area (Å²) in [7, 11) is 2.21. The summed E-state index contributed by atoms with van der Waals surface area (Å²) in [5.74, 6) is 0. The number of nitrogens with one attached hydrogen (secondary N) is 1. The van der Waals surface area contributed by atoms with Gasteiger partial charge in [-0.25, -0.2) is 0 Å². The van der Waals surface area contributed by atoms with Gasteiger partial charge in [-0.15, -0.1) is 0 Å². The molecule has 2 rings (SSSR count). The molecule has 0 amide bonds. The molecule has 1 aliphatic rings. The molecule has 1 saturated carbocycles. The first-order chi connectivity index (χ1) is 8.08. The summed E-state index contributed by atoms with van der Waals surface area (Å²) in [5.41, 5.74) is 4.16. The van der Waals surface area contributed by atoms with E-state index in [9.17, 15) is 0 Å². The van der Waals surface area contributed by atoms with Gasteiger partial charge < -0.3 is 10.2 Å². The smallest absolute Gasteiger partial charge is 0.0368 e. The molecule has 1 aromatic carbocycles. The van der Waals surface area contributed by atoms with Crippen LogP contribution in [-0.4, -0.2) is 19.1 Å². The second-order valence-electron chi connectivity index (χ2n) is 5.49. The zero-order valence-corrected chi connectivity index (χ0v) is 11.5. The Balaban J connectivity index is 2.05. The van der Waals surface area contributed by atoms with E-state index in [-0.39, 0.29) is 0 Å². The van der Waals surface area contributed by atoms with Crippen molar-refractivity contribution in [3.8, 4) is 0 Å². The van der Waals surface area contributed by atoms with Gasteiger partial charge in [0.05, 0.1) is 0 Å². The highest BCUT2D eigenvalue weighted by molar-refractivity contribution is 5.51. The number of rotatable bonds is 5. The van der Waals surface area contributed by atoms with Gasteiger partial charge in [-0.1, -0.05) is 19.9 Å². The monoisotopic (exact) mass is 232 g/mol. The van der Waals surface area contributed by atoms with E-state index < -0.39 is 0 Å². The van der Waals surface area contributed by atoms with Crippen LogP contribution in [0.3, 0.4) is 0 Å². The Morgan fingerprint density at radius 1 is 1.35 bits per heavy atom. The van der Waals surface area contributed by atoms with Crippen LogP contribution >= 0.6 is 0 Å². The fourth-order valence-corrected chi connectivity index (χ4v) is 2.08. The summed E-state index contributed by atoms with van der Waals surface area (Å²) in [6.07, 6.45) is 2.71. The quantitative estimate of drug-likeness (QED) is 0.839. The predicted molar refractivity (Wildman–Crippen MR) is 74.6 cm³/mol. The highest BCUT2D eigenvalue weighted by Gasteiger charge is 2.26. The number of benzene rings is 1. The minimum Gasteiger partial charge on any atom is -0.372 e. The van der Waals surface area contributed by atoms with Crippen molar-refractivity contribution >= 4 is 5.69 Å². The molecule has 1 aromatic rings. The van der Waals surface area contributed by atoms with E-state index in [0.717, 1.165) is 12.6 Å². The lowest BCUT2D eigenvalue weighted by molar-refractivity contribution is 0.587. The molecule has 0 unspecified atom stereocenters. The van der Waals surface area contributed by atoms with Crippen molar-refractivity contribution in [3.63, 3.8) is 0 Å². The van der Waals surface area contributed by atoms with E-state index in [2.05, 4.69) is 56.2 Å². The Bertz CT molecular complexity index is 381. The predicted octanol–water partition coefficient (Wildman–Crippen LogP) is 3.09. The van der Waals surface area contributed by atoms with E-state index in [1.165, 1.54) is 29.7 Å². The van der Waals surface area contributed by atoms with Crippen molar-refractivity contribution in [1.82, 2.24) is 5.32 Å². The average Bonchev–Trinajstić information content (AvgIpc) is 3.10. The van der Waals surface area contributed by atoms with E-state index >= 15 is 0 Å². The molecule has 0 radical (unpaired) electrons. The van der Waals surface area contributed by atoms with Crippen LogP contribution in [0.5, 0.6) is 0 Å². The average molecular weight is 232 g/mol. The molecule has 1 aliphatic carbocycles. The number of aryl methyl sites for hydroxylation is 1. The van der Waals surface area contributed by atoms with Crippen LogP contribution in [-0.2, 0) is 6.54 Å². The molecule has 0 heterocycles. The molecule has 0 saturated heterocycles. The highest BCUT2D eigenvalue weighted by atomic mass is 15.2. The molecule has 0 aromatic heterocycles. The zero-order chi connectivity index (χ0) is 12.4. The third-order valence-electron chi connectivity index (χ3n) is 3.53. The van der Waals surface area contributed by atoms with Gasteiger partial charge in [-0.3, -0.25) is 0 Å². The molecule has 2 nitrogen and oxygen atoms in total. The number of hydrogen-bond acceptors (Lipinski definition) is 2. The van der Waals surface area contributed by atoms with Gasteiger partial charge in [0, 0.05) is 31.4 Å². The fraction of sp³-hybridized carbons (Fsp3) is 0.600. The summed E-state index contributed by atoms with van der Waals surface area (Å²) in [5, 5.41) is 3.47. The topological polar surface area (TPSA) is 15.3 Å². The number of hydrogen-bond donors (Lipinski definition) is 1. The molecule has 94 valence electrons. The zero-order valence-electron chi connectivity index (χ0n) is 11.5. The van der Waals surface area contributed by atoms with Gasteiger partial charge in [0.2, 0.25) is 0 Å². The largest absolute Gasteiger partial charge is 0.372 e. The molecule has 1 N–H and O–H groups in total. The first-order valence-electron chi connectivity index (χ1n) is 6.63. The standard InChI is InChI=1S/C15H24N2/c1-11(2)16-10-13-5-6-15(9-12(13)3)17(4)14-7-8-14/h5-6,9,11,14,16H,7-8,10H2,1-4H3. The minimum absolute atomic E-state index is 0.545. The Labute approximate surface area is 105 Å². The van der Waals surface area contributed by atoms with Gasteiger partial charge in [-0.2, -0.15) is 0 Å². The normalized spacial score (nSPS) is 15.4. The van der Waals surface area contributed by atoms with Gasteiger partial charge in [0.25, 0.3) is 0 Å². The molecular formula is C15H24N2. The molecule has 0 bridgehead atoms. The SMILES string of the molecule is Cc1cc(N(C)C2CC2)ccc1CNC(C)C. The van der Waals surface area contributed by atoms with Gasteiger partial charge in [0.1, 0.15) is 0 Å². The Morgan fingerprint density at radius 3 is 2.59 bits per heavy atom. The molecule has 1 fully saturated rings. The summed E-state index contributed by atoms with van der Waals surface area (Å²) in [6, 6.07) is 8.16. The van der Waals surface area contributed by atoms with Crippen LogP contribution in [0.2, 0.25) is 0 Å².